The summed E-state index contributed by atoms with van der Waals surface area (Å²) in [4.78, 5) is 14.3. The number of unbranched alkanes of at least 4 members (excludes halogenated alkanes) is 9. The molecule has 0 bridgehead atoms. The van der Waals surface area contributed by atoms with E-state index in [1.54, 1.807) is 6.92 Å². The van der Waals surface area contributed by atoms with Crippen LogP contribution in [0.3, 0.4) is 0 Å². The number of amides is 1. The van der Waals surface area contributed by atoms with Crippen molar-refractivity contribution in [2.75, 3.05) is 0 Å². The number of carbonyl (C=O) groups is 1. The molecule has 3 nitrogen and oxygen atoms in total. The average Bonchev–Trinajstić information content (AvgIpc) is 2.60. The zero-order chi connectivity index (χ0) is 22.8. The fourth-order valence-corrected chi connectivity index (χ4v) is 6.11. The molecule has 0 saturated carbocycles. The quantitative estimate of drug-likeness (QED) is 0.223. The molecule has 1 rings (SSSR count). The molecule has 0 radical (unpaired) electrons. The highest BCUT2D eigenvalue weighted by Crippen LogP contribution is 2.43. The molecule has 1 atom stereocenters. The van der Waals surface area contributed by atoms with Crippen LogP contribution in [0.5, 0.6) is 0 Å². The molecule has 1 N–H and O–H groups in total. The minimum Gasteiger partial charge on any atom is -0.333 e. The van der Waals surface area contributed by atoms with Crippen LogP contribution >= 0.6 is 0 Å². The number of hydrogen-bond acceptors (Lipinski definition) is 2. The smallest absolute Gasteiger partial charge is 0.220 e. The van der Waals surface area contributed by atoms with Crippen molar-refractivity contribution in [2.45, 2.75) is 149 Å². The number of nitrogens with zero attached hydrogens (tertiary/aromatic N) is 1. The number of likely N-dealkylation sites (tertiary alicyclic amines) is 1. The second kappa shape index (κ2) is 12.9. The third-order valence-electron chi connectivity index (χ3n) is 7.20. The Balaban J connectivity index is 2.29. The van der Waals surface area contributed by atoms with Crippen LogP contribution in [0, 0.1) is 17.2 Å². The number of nitrogens with one attached hydrogen (secondary N) is 1. The highest BCUT2D eigenvalue weighted by molar-refractivity contribution is 5.83. The van der Waals surface area contributed by atoms with E-state index in [0.717, 1.165) is 31.4 Å². The van der Waals surface area contributed by atoms with Gasteiger partial charge in [-0.15, -0.1) is 0 Å². The van der Waals surface area contributed by atoms with Gasteiger partial charge in [-0.05, 0) is 65.2 Å². The van der Waals surface area contributed by atoms with Crippen molar-refractivity contribution in [3.05, 3.63) is 0 Å². The first kappa shape index (κ1) is 27.2. The maximum Gasteiger partial charge on any atom is 0.220 e. The minimum atomic E-state index is -0.127. The minimum absolute atomic E-state index is 0.127. The van der Waals surface area contributed by atoms with Crippen LogP contribution in [-0.4, -0.2) is 27.6 Å². The van der Waals surface area contributed by atoms with Crippen LogP contribution in [0.25, 0.3) is 0 Å². The van der Waals surface area contributed by atoms with Crippen molar-refractivity contribution in [3.63, 3.8) is 0 Å². The summed E-state index contributed by atoms with van der Waals surface area (Å²) in [7, 11) is 0. The Kier molecular flexibility index (Phi) is 11.7. The Morgan fingerprint density at radius 2 is 1.33 bits per heavy atom. The van der Waals surface area contributed by atoms with Crippen LogP contribution in [0.2, 0.25) is 0 Å². The molecule has 1 saturated heterocycles. The second-order valence-corrected chi connectivity index (χ2v) is 11.4. The molecule has 1 heterocycles. The molecule has 0 aromatic carbocycles. The molecule has 3 heteroatoms. The normalized spacial score (nSPS) is 19.6. The van der Waals surface area contributed by atoms with E-state index < -0.39 is 0 Å². The largest absolute Gasteiger partial charge is 0.333 e. The molecule has 0 spiro atoms. The van der Waals surface area contributed by atoms with Gasteiger partial charge in [0.2, 0.25) is 5.91 Å². The van der Waals surface area contributed by atoms with E-state index in [2.05, 4.69) is 46.4 Å². The lowest BCUT2D eigenvalue weighted by atomic mass is 9.71. The molecule has 30 heavy (non-hydrogen) atoms. The van der Waals surface area contributed by atoms with Crippen LogP contribution in [0.1, 0.15) is 138 Å². The SMILES string of the molecule is CCCCCCCCCCCCC(C)C(=N)CC1CC(C)(C)N(C(C)=O)C(C)(C)C1. The first-order chi connectivity index (χ1) is 14.0. The standard InChI is InChI=1S/C27H52N2O/c1-8-9-10-11-12-13-14-15-16-17-18-22(2)25(28)19-24-20-26(4,5)29(23(3)30)27(6,7)21-24/h22,24,28H,8-21H2,1-7H3. The predicted octanol–water partition coefficient (Wildman–Crippen LogP) is 8.16. The molecule has 1 aliphatic heterocycles. The monoisotopic (exact) mass is 420 g/mol. The predicted molar refractivity (Wildman–Crippen MR) is 131 cm³/mol. The van der Waals surface area contributed by atoms with Gasteiger partial charge in [-0.3, -0.25) is 4.79 Å². The van der Waals surface area contributed by atoms with Crippen molar-refractivity contribution < 1.29 is 4.79 Å². The topological polar surface area (TPSA) is 44.2 Å². The number of carbonyl (C=O) groups excluding carboxylic acids is 1. The summed E-state index contributed by atoms with van der Waals surface area (Å²) in [5.41, 5.74) is 0.676. The lowest BCUT2D eigenvalue weighted by Crippen LogP contribution is -2.62. The van der Waals surface area contributed by atoms with Crippen molar-refractivity contribution >= 4 is 11.6 Å². The second-order valence-electron chi connectivity index (χ2n) is 11.4. The molecule has 0 aromatic heterocycles. The van der Waals surface area contributed by atoms with E-state index in [0.29, 0.717) is 11.8 Å². The van der Waals surface area contributed by atoms with Crippen LogP contribution in [-0.2, 0) is 4.79 Å². The van der Waals surface area contributed by atoms with E-state index >= 15 is 0 Å². The van der Waals surface area contributed by atoms with Crippen LogP contribution in [0.15, 0.2) is 0 Å². The third kappa shape index (κ3) is 9.10. The van der Waals surface area contributed by atoms with Gasteiger partial charge in [0.15, 0.2) is 0 Å². The first-order valence-electron chi connectivity index (χ1n) is 12.9. The van der Waals surface area contributed by atoms with Crippen molar-refractivity contribution in [1.29, 1.82) is 5.41 Å². The van der Waals surface area contributed by atoms with E-state index in [-0.39, 0.29) is 17.0 Å². The highest BCUT2D eigenvalue weighted by atomic mass is 16.2. The van der Waals surface area contributed by atoms with Gasteiger partial charge in [-0.1, -0.05) is 78.1 Å². The first-order valence-corrected chi connectivity index (χ1v) is 12.9. The van der Waals surface area contributed by atoms with Gasteiger partial charge < -0.3 is 10.3 Å². The highest BCUT2D eigenvalue weighted by Gasteiger charge is 2.46. The zero-order valence-electron chi connectivity index (χ0n) is 21.4. The average molecular weight is 421 g/mol. The zero-order valence-corrected chi connectivity index (χ0v) is 21.4. The van der Waals surface area contributed by atoms with E-state index in [1.807, 2.05) is 0 Å². The Bertz CT molecular complexity index is 505. The van der Waals surface area contributed by atoms with Gasteiger partial charge in [-0.2, -0.15) is 0 Å². The molecule has 1 amide bonds. The van der Waals surface area contributed by atoms with Gasteiger partial charge in [0.25, 0.3) is 0 Å². The lowest BCUT2D eigenvalue weighted by Gasteiger charge is -2.55. The maximum absolute atomic E-state index is 12.2. The maximum atomic E-state index is 12.2. The Labute approximate surface area is 188 Å². The molecule has 0 aliphatic carbocycles. The molecular formula is C27H52N2O. The summed E-state index contributed by atoms with van der Waals surface area (Å²) in [6.07, 6.45) is 17.8. The summed E-state index contributed by atoms with van der Waals surface area (Å²) < 4.78 is 0. The van der Waals surface area contributed by atoms with Crippen molar-refractivity contribution in [2.24, 2.45) is 11.8 Å². The van der Waals surface area contributed by atoms with Gasteiger partial charge in [0, 0.05) is 23.7 Å². The Morgan fingerprint density at radius 3 is 1.77 bits per heavy atom. The summed E-state index contributed by atoms with van der Waals surface area (Å²) in [5.74, 6) is 1.08. The van der Waals surface area contributed by atoms with Gasteiger partial charge in [0.1, 0.15) is 0 Å². The van der Waals surface area contributed by atoms with E-state index in [9.17, 15) is 4.79 Å². The van der Waals surface area contributed by atoms with Crippen molar-refractivity contribution in [3.8, 4) is 0 Å². The fourth-order valence-electron chi connectivity index (χ4n) is 6.11. The summed E-state index contributed by atoms with van der Waals surface area (Å²) >= 11 is 0. The molecule has 0 aromatic rings. The van der Waals surface area contributed by atoms with E-state index in [4.69, 9.17) is 5.41 Å². The lowest BCUT2D eigenvalue weighted by molar-refractivity contribution is -0.148. The summed E-state index contributed by atoms with van der Waals surface area (Å²) in [6.45, 7) is 15.0. The Hall–Kier alpha value is -0.860. The number of piperidine rings is 1. The molecule has 1 fully saturated rings. The molecule has 1 unspecified atom stereocenters. The third-order valence-corrected chi connectivity index (χ3v) is 7.20. The van der Waals surface area contributed by atoms with Crippen LogP contribution < -0.4 is 0 Å². The Morgan fingerprint density at radius 1 is 0.900 bits per heavy atom. The summed E-state index contributed by atoms with van der Waals surface area (Å²) in [6, 6.07) is 0. The number of rotatable bonds is 14. The number of hydrogen-bond donors (Lipinski definition) is 1. The van der Waals surface area contributed by atoms with Crippen LogP contribution in [0.4, 0.5) is 0 Å². The summed E-state index contributed by atoms with van der Waals surface area (Å²) in [5, 5.41) is 8.67. The van der Waals surface area contributed by atoms with Crippen molar-refractivity contribution in [1.82, 2.24) is 4.90 Å². The fraction of sp³-hybridized carbons (Fsp3) is 0.926. The van der Waals surface area contributed by atoms with Gasteiger partial charge >= 0.3 is 0 Å². The molecule has 176 valence electrons. The molecule has 1 aliphatic rings. The van der Waals surface area contributed by atoms with Gasteiger partial charge in [0.05, 0.1) is 0 Å². The van der Waals surface area contributed by atoms with Gasteiger partial charge in [-0.25, -0.2) is 0 Å². The molecular weight excluding hydrogens is 368 g/mol. The van der Waals surface area contributed by atoms with E-state index in [1.165, 1.54) is 64.2 Å².